The van der Waals surface area contributed by atoms with Gasteiger partial charge in [-0.3, -0.25) is 0 Å². The predicted molar refractivity (Wildman–Crippen MR) is 61.2 cm³/mol. The number of hydrogen-bond acceptors (Lipinski definition) is 0. The van der Waals surface area contributed by atoms with Gasteiger partial charge in [0.2, 0.25) is 0 Å². The number of allylic oxidation sites excluding steroid dienone is 2. The van der Waals surface area contributed by atoms with E-state index in [0.717, 1.165) is 5.92 Å². The predicted octanol–water partition coefficient (Wildman–Crippen LogP) is 4.44. The van der Waals surface area contributed by atoms with E-state index in [1.807, 2.05) is 0 Å². The first-order valence-electron chi connectivity index (χ1n) is 5.46. The van der Waals surface area contributed by atoms with Crippen LogP contribution < -0.4 is 0 Å². The molecule has 0 N–H and O–H groups in total. The van der Waals surface area contributed by atoms with Gasteiger partial charge in [0.05, 0.1) is 0 Å². The molecule has 0 saturated heterocycles. The summed E-state index contributed by atoms with van der Waals surface area (Å²) in [4.78, 5) is 0. The highest BCUT2D eigenvalue weighted by Gasteiger charge is 2.40. The van der Waals surface area contributed by atoms with E-state index in [2.05, 4.69) is 29.8 Å². The summed E-state index contributed by atoms with van der Waals surface area (Å²) in [5, 5.41) is 0. The smallest absolute Gasteiger partial charge is 0.0326 e. The molecular weight excluding hydrogens is 224 g/mol. The molecule has 0 radical (unpaired) electrons. The highest BCUT2D eigenvalue weighted by atomic mass is 79.9. The molecule has 0 aromatic carbocycles. The minimum absolute atomic E-state index is 0.481. The van der Waals surface area contributed by atoms with Gasteiger partial charge in [0, 0.05) is 4.32 Å². The van der Waals surface area contributed by atoms with Crippen LogP contribution in [0.5, 0.6) is 0 Å². The number of fused-ring (bicyclic) bond motifs is 1. The van der Waals surface area contributed by atoms with Gasteiger partial charge in [-0.05, 0) is 45.4 Å². The first kappa shape index (κ1) is 9.76. The molecule has 1 heteroatoms. The monoisotopic (exact) mass is 242 g/mol. The molecule has 0 bridgehead atoms. The van der Waals surface area contributed by atoms with Crippen LogP contribution in [0.2, 0.25) is 0 Å². The van der Waals surface area contributed by atoms with Crippen molar-refractivity contribution in [3.63, 3.8) is 0 Å². The fourth-order valence-electron chi connectivity index (χ4n) is 2.93. The Morgan fingerprint density at radius 1 is 1.23 bits per heavy atom. The van der Waals surface area contributed by atoms with Crippen molar-refractivity contribution >= 4 is 15.9 Å². The van der Waals surface area contributed by atoms with E-state index >= 15 is 0 Å². The van der Waals surface area contributed by atoms with Crippen LogP contribution in [-0.4, -0.2) is 4.32 Å². The Morgan fingerprint density at radius 2 is 2.00 bits per heavy atom. The molecule has 2 atom stereocenters. The standard InChI is InChI=1S/C12H19Br/c1-9-7-11-5-3-4-6-12(11,13)8-10(9)2/h11H,3-8H2,1-2H3/t11-,12-/m0/s1. The van der Waals surface area contributed by atoms with E-state index in [-0.39, 0.29) is 0 Å². The molecular formula is C12H19Br. The Morgan fingerprint density at radius 3 is 2.77 bits per heavy atom. The van der Waals surface area contributed by atoms with E-state index in [0.29, 0.717) is 4.32 Å². The third-order valence-electron chi connectivity index (χ3n) is 3.97. The van der Waals surface area contributed by atoms with Gasteiger partial charge >= 0.3 is 0 Å². The molecule has 0 aromatic rings. The van der Waals surface area contributed by atoms with Crippen LogP contribution in [0.25, 0.3) is 0 Å². The molecule has 2 rings (SSSR count). The lowest BCUT2D eigenvalue weighted by Crippen LogP contribution is -2.37. The zero-order valence-electron chi connectivity index (χ0n) is 8.70. The Balaban J connectivity index is 2.22. The minimum Gasteiger partial charge on any atom is -0.0847 e. The highest BCUT2D eigenvalue weighted by molar-refractivity contribution is 9.10. The minimum atomic E-state index is 0.481. The van der Waals surface area contributed by atoms with E-state index in [9.17, 15) is 0 Å². The van der Waals surface area contributed by atoms with Crippen molar-refractivity contribution < 1.29 is 0 Å². The number of halogens is 1. The molecule has 13 heavy (non-hydrogen) atoms. The molecule has 0 spiro atoms. The summed E-state index contributed by atoms with van der Waals surface area (Å²) in [5.74, 6) is 0.921. The van der Waals surface area contributed by atoms with Crippen molar-refractivity contribution in [3.8, 4) is 0 Å². The lowest BCUT2D eigenvalue weighted by molar-refractivity contribution is 0.261. The topological polar surface area (TPSA) is 0 Å². The second-order valence-corrected chi connectivity index (χ2v) is 6.50. The molecule has 0 aliphatic heterocycles. The number of hydrogen-bond donors (Lipinski definition) is 0. The van der Waals surface area contributed by atoms with Crippen molar-refractivity contribution in [1.29, 1.82) is 0 Å². The Labute approximate surface area is 89.9 Å². The summed E-state index contributed by atoms with van der Waals surface area (Å²) in [6.45, 7) is 4.62. The fraction of sp³-hybridized carbons (Fsp3) is 0.833. The van der Waals surface area contributed by atoms with Gasteiger partial charge in [-0.15, -0.1) is 0 Å². The van der Waals surface area contributed by atoms with Gasteiger partial charge in [0.1, 0.15) is 0 Å². The summed E-state index contributed by atoms with van der Waals surface area (Å²) in [6.07, 6.45) is 8.34. The van der Waals surface area contributed by atoms with Gasteiger partial charge in [0.15, 0.2) is 0 Å². The van der Waals surface area contributed by atoms with E-state index in [1.54, 1.807) is 11.1 Å². The molecule has 0 amide bonds. The quantitative estimate of drug-likeness (QED) is 0.436. The maximum Gasteiger partial charge on any atom is 0.0326 e. The fourth-order valence-corrected chi connectivity index (χ4v) is 4.02. The SMILES string of the molecule is CC1=C(C)C[C@@]2(Br)CCCC[C@H]2C1. The summed E-state index contributed by atoms with van der Waals surface area (Å²) in [5.41, 5.74) is 3.29. The molecule has 1 saturated carbocycles. The molecule has 0 nitrogen and oxygen atoms in total. The van der Waals surface area contributed by atoms with Crippen LogP contribution in [0.15, 0.2) is 11.1 Å². The number of rotatable bonds is 0. The van der Waals surface area contributed by atoms with Gasteiger partial charge in [0.25, 0.3) is 0 Å². The largest absolute Gasteiger partial charge is 0.0847 e. The van der Waals surface area contributed by atoms with Crippen molar-refractivity contribution in [2.45, 2.75) is 56.7 Å². The van der Waals surface area contributed by atoms with Gasteiger partial charge in [-0.25, -0.2) is 0 Å². The zero-order valence-corrected chi connectivity index (χ0v) is 10.3. The van der Waals surface area contributed by atoms with Crippen LogP contribution in [0.3, 0.4) is 0 Å². The van der Waals surface area contributed by atoms with Crippen molar-refractivity contribution in [2.75, 3.05) is 0 Å². The Kier molecular flexibility index (Phi) is 2.57. The van der Waals surface area contributed by atoms with Crippen LogP contribution in [0, 0.1) is 5.92 Å². The number of alkyl halides is 1. The van der Waals surface area contributed by atoms with Crippen LogP contribution >= 0.6 is 15.9 Å². The summed E-state index contributed by atoms with van der Waals surface area (Å²) >= 11 is 4.01. The molecule has 0 unspecified atom stereocenters. The maximum atomic E-state index is 4.01. The average molecular weight is 243 g/mol. The van der Waals surface area contributed by atoms with Gasteiger partial charge in [-0.2, -0.15) is 0 Å². The Bertz CT molecular complexity index is 242. The van der Waals surface area contributed by atoms with Crippen LogP contribution in [0.1, 0.15) is 52.4 Å². The van der Waals surface area contributed by atoms with Crippen LogP contribution in [0.4, 0.5) is 0 Å². The Hall–Kier alpha value is 0.220. The second-order valence-electron chi connectivity index (χ2n) is 4.92. The van der Waals surface area contributed by atoms with Crippen molar-refractivity contribution in [2.24, 2.45) is 5.92 Å². The lowest BCUT2D eigenvalue weighted by Gasteiger charge is -2.44. The van der Waals surface area contributed by atoms with Crippen molar-refractivity contribution in [3.05, 3.63) is 11.1 Å². The van der Waals surface area contributed by atoms with Gasteiger partial charge in [-0.1, -0.05) is 39.9 Å². The van der Waals surface area contributed by atoms with Gasteiger partial charge < -0.3 is 0 Å². The van der Waals surface area contributed by atoms with E-state index in [4.69, 9.17) is 0 Å². The van der Waals surface area contributed by atoms with Crippen molar-refractivity contribution in [1.82, 2.24) is 0 Å². The zero-order chi connectivity index (χ0) is 9.47. The molecule has 2 aliphatic carbocycles. The molecule has 0 aromatic heterocycles. The van der Waals surface area contributed by atoms with Crippen LogP contribution in [-0.2, 0) is 0 Å². The summed E-state index contributed by atoms with van der Waals surface area (Å²) in [7, 11) is 0. The van der Waals surface area contributed by atoms with E-state index in [1.165, 1.54) is 38.5 Å². The summed E-state index contributed by atoms with van der Waals surface area (Å²) < 4.78 is 0.481. The molecule has 2 aliphatic rings. The normalized spacial score (nSPS) is 40.4. The van der Waals surface area contributed by atoms with E-state index < -0.39 is 0 Å². The third kappa shape index (κ3) is 1.72. The first-order valence-corrected chi connectivity index (χ1v) is 6.25. The highest BCUT2D eigenvalue weighted by Crippen LogP contribution is 2.50. The first-order chi connectivity index (χ1) is 6.12. The lowest BCUT2D eigenvalue weighted by atomic mass is 9.69. The molecule has 0 heterocycles. The molecule has 74 valence electrons. The third-order valence-corrected chi connectivity index (χ3v) is 5.29. The maximum absolute atomic E-state index is 4.01. The summed E-state index contributed by atoms with van der Waals surface area (Å²) in [6, 6.07) is 0. The average Bonchev–Trinajstić information content (AvgIpc) is 2.07. The molecule has 1 fully saturated rings. The second kappa shape index (κ2) is 3.42.